The average Bonchev–Trinajstić information content (AvgIpc) is 2.24. The lowest BCUT2D eigenvalue weighted by atomic mass is 9.89. The van der Waals surface area contributed by atoms with Crippen molar-refractivity contribution in [1.82, 2.24) is 5.32 Å². The van der Waals surface area contributed by atoms with E-state index in [1.54, 1.807) is 0 Å². The topological polar surface area (TPSA) is 12.0 Å². The maximum atomic E-state index is 14.1. The molecule has 0 aromatic carbocycles. The summed E-state index contributed by atoms with van der Waals surface area (Å²) in [5.74, 6) is 0. The van der Waals surface area contributed by atoms with Gasteiger partial charge in [-0.3, -0.25) is 0 Å². The molecule has 1 rings (SSSR count). The molecule has 0 spiro atoms. The minimum absolute atomic E-state index is 0.724. The molecule has 0 amide bonds. The predicted octanol–water partition coefficient (Wildman–Crippen LogP) is 3.83. The van der Waals surface area contributed by atoms with Gasteiger partial charge in [0, 0.05) is 0 Å². The third-order valence-corrected chi connectivity index (χ3v) is 3.48. The lowest BCUT2D eigenvalue weighted by Gasteiger charge is -2.30. The quantitative estimate of drug-likeness (QED) is 0.636. The third kappa shape index (κ3) is 5.50. The zero-order chi connectivity index (χ0) is 11.0. The second-order valence-electron chi connectivity index (χ2n) is 4.92. The van der Waals surface area contributed by atoms with E-state index in [9.17, 15) is 4.39 Å². The first-order chi connectivity index (χ1) is 7.27. The maximum Gasteiger partial charge on any atom is 0.113 e. The number of hydrogen-bond donors (Lipinski definition) is 1. The van der Waals surface area contributed by atoms with E-state index in [1.807, 2.05) is 0 Å². The monoisotopic (exact) mass is 215 g/mol. The minimum atomic E-state index is -0.837. The van der Waals surface area contributed by atoms with Crippen LogP contribution in [0.3, 0.4) is 0 Å². The van der Waals surface area contributed by atoms with Crippen LogP contribution in [0.15, 0.2) is 0 Å². The Bertz CT molecular complexity index is 153. The maximum absolute atomic E-state index is 14.1. The average molecular weight is 215 g/mol. The summed E-state index contributed by atoms with van der Waals surface area (Å²) in [6.45, 7) is 3.96. The molecule has 2 heteroatoms. The third-order valence-electron chi connectivity index (χ3n) is 3.48. The molecule has 1 aliphatic heterocycles. The largest absolute Gasteiger partial charge is 0.316 e. The molecule has 0 aromatic rings. The van der Waals surface area contributed by atoms with E-state index in [1.165, 1.54) is 32.1 Å². The van der Waals surface area contributed by atoms with Crippen molar-refractivity contribution < 1.29 is 4.39 Å². The van der Waals surface area contributed by atoms with Gasteiger partial charge in [0.25, 0.3) is 0 Å². The molecule has 1 heterocycles. The molecule has 0 aromatic heterocycles. The summed E-state index contributed by atoms with van der Waals surface area (Å²) in [7, 11) is 0. The highest BCUT2D eigenvalue weighted by molar-refractivity contribution is 4.84. The van der Waals surface area contributed by atoms with Crippen LogP contribution in [0, 0.1) is 0 Å². The molecular weight excluding hydrogens is 189 g/mol. The number of unbranched alkanes of at least 4 members (excludes halogenated alkanes) is 5. The van der Waals surface area contributed by atoms with Gasteiger partial charge >= 0.3 is 0 Å². The number of nitrogens with one attached hydrogen (secondary N) is 1. The van der Waals surface area contributed by atoms with Crippen molar-refractivity contribution in [3.63, 3.8) is 0 Å². The van der Waals surface area contributed by atoms with Crippen LogP contribution < -0.4 is 5.32 Å². The Morgan fingerprint density at radius 2 is 1.60 bits per heavy atom. The lowest BCUT2D eigenvalue weighted by molar-refractivity contribution is 0.101. The minimum Gasteiger partial charge on any atom is -0.316 e. The molecule has 1 aliphatic rings. The number of piperidine rings is 1. The molecule has 1 nitrogen and oxygen atoms in total. The molecule has 0 aliphatic carbocycles. The Morgan fingerprint density at radius 1 is 1.00 bits per heavy atom. The summed E-state index contributed by atoms with van der Waals surface area (Å²) in [5.41, 5.74) is -0.837. The lowest BCUT2D eigenvalue weighted by Crippen LogP contribution is -2.38. The molecular formula is C13H26FN. The zero-order valence-corrected chi connectivity index (χ0v) is 10.2. The molecule has 0 saturated carbocycles. The molecule has 0 radical (unpaired) electrons. The first-order valence-corrected chi connectivity index (χ1v) is 6.66. The van der Waals surface area contributed by atoms with Crippen LogP contribution in [0.4, 0.5) is 4.39 Å². The fourth-order valence-corrected chi connectivity index (χ4v) is 2.35. The SMILES string of the molecule is CCCCCCCCC1(F)CCNCC1. The van der Waals surface area contributed by atoms with E-state index in [0.717, 1.165) is 38.8 Å². The molecule has 0 bridgehead atoms. The first-order valence-electron chi connectivity index (χ1n) is 6.66. The van der Waals surface area contributed by atoms with Crippen molar-refractivity contribution in [2.24, 2.45) is 0 Å². The highest BCUT2D eigenvalue weighted by Crippen LogP contribution is 2.29. The van der Waals surface area contributed by atoms with E-state index in [-0.39, 0.29) is 0 Å². The van der Waals surface area contributed by atoms with E-state index in [2.05, 4.69) is 12.2 Å². The normalized spacial score (nSPS) is 20.4. The van der Waals surface area contributed by atoms with Gasteiger partial charge in [-0.2, -0.15) is 0 Å². The van der Waals surface area contributed by atoms with Crippen molar-refractivity contribution in [3.05, 3.63) is 0 Å². The van der Waals surface area contributed by atoms with Gasteiger partial charge in [-0.25, -0.2) is 4.39 Å². The molecule has 0 unspecified atom stereocenters. The molecule has 1 fully saturated rings. The predicted molar refractivity (Wildman–Crippen MR) is 63.9 cm³/mol. The van der Waals surface area contributed by atoms with Gasteiger partial charge in [-0.05, 0) is 32.4 Å². The van der Waals surface area contributed by atoms with Crippen LogP contribution in [0.2, 0.25) is 0 Å². The van der Waals surface area contributed by atoms with Crippen LogP contribution in [-0.4, -0.2) is 18.8 Å². The van der Waals surface area contributed by atoms with Crippen molar-refractivity contribution in [1.29, 1.82) is 0 Å². The fraction of sp³-hybridized carbons (Fsp3) is 1.00. The molecule has 15 heavy (non-hydrogen) atoms. The zero-order valence-electron chi connectivity index (χ0n) is 10.2. The van der Waals surface area contributed by atoms with Gasteiger partial charge in [-0.1, -0.05) is 45.4 Å². The van der Waals surface area contributed by atoms with Gasteiger partial charge in [0.15, 0.2) is 0 Å². The highest BCUT2D eigenvalue weighted by atomic mass is 19.1. The van der Waals surface area contributed by atoms with E-state index in [4.69, 9.17) is 0 Å². The van der Waals surface area contributed by atoms with Gasteiger partial charge in [0.1, 0.15) is 5.67 Å². The summed E-state index contributed by atoms with van der Waals surface area (Å²) < 4.78 is 14.1. The second-order valence-corrected chi connectivity index (χ2v) is 4.92. The Labute approximate surface area is 93.8 Å². The van der Waals surface area contributed by atoms with E-state index >= 15 is 0 Å². The van der Waals surface area contributed by atoms with Crippen LogP contribution in [0.1, 0.15) is 64.7 Å². The Kier molecular flexibility index (Phi) is 6.23. The van der Waals surface area contributed by atoms with Gasteiger partial charge in [0.2, 0.25) is 0 Å². The number of rotatable bonds is 7. The number of alkyl halides is 1. The molecule has 90 valence electrons. The summed E-state index contributed by atoms with van der Waals surface area (Å²) in [4.78, 5) is 0. The van der Waals surface area contributed by atoms with Gasteiger partial charge < -0.3 is 5.32 Å². The summed E-state index contributed by atoms with van der Waals surface area (Å²) in [6.07, 6.45) is 9.80. The van der Waals surface area contributed by atoms with Crippen LogP contribution >= 0.6 is 0 Å². The Hall–Kier alpha value is -0.110. The summed E-state index contributed by atoms with van der Waals surface area (Å²) >= 11 is 0. The summed E-state index contributed by atoms with van der Waals surface area (Å²) in [6, 6.07) is 0. The molecule has 0 atom stereocenters. The molecule has 1 saturated heterocycles. The van der Waals surface area contributed by atoms with Crippen molar-refractivity contribution >= 4 is 0 Å². The molecule has 1 N–H and O–H groups in total. The number of halogens is 1. The van der Waals surface area contributed by atoms with Crippen molar-refractivity contribution in [2.75, 3.05) is 13.1 Å². The van der Waals surface area contributed by atoms with Crippen molar-refractivity contribution in [2.45, 2.75) is 70.4 Å². The first kappa shape index (κ1) is 13.0. The van der Waals surface area contributed by atoms with Crippen LogP contribution in [0.5, 0.6) is 0 Å². The van der Waals surface area contributed by atoms with E-state index in [0.29, 0.717) is 0 Å². The second kappa shape index (κ2) is 7.21. The smallest absolute Gasteiger partial charge is 0.113 e. The fourth-order valence-electron chi connectivity index (χ4n) is 2.35. The number of hydrogen-bond acceptors (Lipinski definition) is 1. The van der Waals surface area contributed by atoms with Crippen molar-refractivity contribution in [3.8, 4) is 0 Å². The van der Waals surface area contributed by atoms with Gasteiger partial charge in [-0.15, -0.1) is 0 Å². The van der Waals surface area contributed by atoms with E-state index < -0.39 is 5.67 Å². The highest BCUT2D eigenvalue weighted by Gasteiger charge is 2.30. The Morgan fingerprint density at radius 3 is 2.27 bits per heavy atom. The van der Waals surface area contributed by atoms with Crippen LogP contribution in [0.25, 0.3) is 0 Å². The Balaban J connectivity index is 1.98. The van der Waals surface area contributed by atoms with Gasteiger partial charge in [0.05, 0.1) is 0 Å². The standard InChI is InChI=1S/C13H26FN/c1-2-3-4-5-6-7-8-13(14)9-11-15-12-10-13/h15H,2-12H2,1H3. The summed E-state index contributed by atoms with van der Waals surface area (Å²) in [5, 5.41) is 3.22. The van der Waals surface area contributed by atoms with Crippen LogP contribution in [-0.2, 0) is 0 Å².